The lowest BCUT2D eigenvalue weighted by molar-refractivity contribution is 0.522. The highest BCUT2D eigenvalue weighted by Crippen LogP contribution is 2.42. The molecule has 0 aliphatic carbocycles. The van der Waals surface area contributed by atoms with Crippen LogP contribution in [0.1, 0.15) is 51.3 Å². The first-order valence-corrected chi connectivity index (χ1v) is 14.4. The number of benzene rings is 4. The van der Waals surface area contributed by atoms with E-state index in [2.05, 4.69) is 95.3 Å². The van der Waals surface area contributed by atoms with Crippen LogP contribution in [-0.4, -0.2) is 0 Å². The molecule has 0 atom stereocenters. The Balaban J connectivity index is 1.68. The van der Waals surface area contributed by atoms with E-state index < -0.39 is 7.14 Å². The predicted octanol–water partition coefficient (Wildman–Crippen LogP) is 7.91. The number of rotatable bonds is 7. The normalized spacial score (nSPS) is 12.7. The second-order valence-electron chi connectivity index (χ2n) is 11.3. The molecule has 0 radical (unpaired) electrons. The van der Waals surface area contributed by atoms with Crippen LogP contribution in [0.3, 0.4) is 0 Å². The fourth-order valence-electron chi connectivity index (χ4n) is 4.62. The second-order valence-corrected chi connectivity index (χ2v) is 14.1. The van der Waals surface area contributed by atoms with Gasteiger partial charge in [0.25, 0.3) is 0 Å². The molecular weight excluding hydrogens is 455 g/mol. The van der Waals surface area contributed by atoms with Crippen molar-refractivity contribution in [3.05, 3.63) is 132 Å². The van der Waals surface area contributed by atoms with Gasteiger partial charge >= 0.3 is 0 Å². The highest BCUT2D eigenvalue weighted by molar-refractivity contribution is 7.85. The zero-order chi connectivity index (χ0) is 25.8. The smallest absolute Gasteiger partial charge is 0.171 e. The van der Waals surface area contributed by atoms with Gasteiger partial charge in [-0.25, -0.2) is 0 Å². The highest BCUT2D eigenvalue weighted by Gasteiger charge is 2.30. The minimum atomic E-state index is -2.96. The van der Waals surface area contributed by atoms with Gasteiger partial charge in [0.1, 0.15) is 0 Å². The summed E-state index contributed by atoms with van der Waals surface area (Å²) in [5.74, 6) is 0. The molecule has 0 spiro atoms. The molecule has 0 aromatic heterocycles. The first-order valence-electron chi connectivity index (χ1n) is 12.7. The molecule has 4 aromatic rings. The van der Waals surface area contributed by atoms with Crippen LogP contribution in [0.15, 0.2) is 115 Å². The topological polar surface area (TPSA) is 17.1 Å². The Hall–Kier alpha value is -3.15. The van der Waals surface area contributed by atoms with E-state index in [-0.39, 0.29) is 10.8 Å². The summed E-state index contributed by atoms with van der Waals surface area (Å²) in [5.41, 5.74) is 3.92. The molecule has 0 aliphatic heterocycles. The molecule has 0 saturated carbocycles. The Morgan fingerprint density at radius 1 is 0.611 bits per heavy atom. The van der Waals surface area contributed by atoms with E-state index >= 15 is 0 Å². The van der Waals surface area contributed by atoms with Crippen molar-refractivity contribution in [2.75, 3.05) is 0 Å². The summed E-state index contributed by atoms with van der Waals surface area (Å²) in [6.07, 6.45) is 5.45. The largest absolute Gasteiger partial charge is 0.309 e. The van der Waals surface area contributed by atoms with Gasteiger partial charge in [0.2, 0.25) is 0 Å². The summed E-state index contributed by atoms with van der Waals surface area (Å²) in [7, 11) is -2.96. The maximum absolute atomic E-state index is 14.7. The Morgan fingerprint density at radius 3 is 1.61 bits per heavy atom. The van der Waals surface area contributed by atoms with Crippen LogP contribution in [-0.2, 0) is 16.4 Å². The van der Waals surface area contributed by atoms with Crippen molar-refractivity contribution in [2.45, 2.75) is 46.5 Å². The fourth-order valence-corrected chi connectivity index (χ4v) is 7.27. The molecule has 4 aromatic carbocycles. The molecule has 184 valence electrons. The molecule has 1 nitrogen and oxygen atoms in total. The van der Waals surface area contributed by atoms with E-state index in [1.807, 2.05) is 60.7 Å². The van der Waals surface area contributed by atoms with Crippen molar-refractivity contribution in [2.24, 2.45) is 5.41 Å². The van der Waals surface area contributed by atoms with Crippen molar-refractivity contribution in [1.82, 2.24) is 0 Å². The minimum absolute atomic E-state index is 0.0757. The number of hydrogen-bond donors (Lipinski definition) is 0. The Labute approximate surface area is 217 Å². The summed E-state index contributed by atoms with van der Waals surface area (Å²) in [6.45, 7) is 11.3. The van der Waals surface area contributed by atoms with E-state index in [9.17, 15) is 4.57 Å². The summed E-state index contributed by atoms with van der Waals surface area (Å²) >= 11 is 0. The van der Waals surface area contributed by atoms with Gasteiger partial charge < -0.3 is 4.57 Å². The molecule has 0 bridgehead atoms. The Bertz CT molecular complexity index is 1310. The van der Waals surface area contributed by atoms with Gasteiger partial charge in [-0.1, -0.05) is 156 Å². The minimum Gasteiger partial charge on any atom is -0.309 e. The van der Waals surface area contributed by atoms with Gasteiger partial charge in [-0.3, -0.25) is 0 Å². The maximum Gasteiger partial charge on any atom is 0.171 e. The zero-order valence-corrected chi connectivity index (χ0v) is 23.0. The van der Waals surface area contributed by atoms with E-state index in [0.29, 0.717) is 0 Å². The molecule has 0 aliphatic rings. The van der Waals surface area contributed by atoms with Crippen LogP contribution in [0.5, 0.6) is 0 Å². The molecule has 36 heavy (non-hydrogen) atoms. The van der Waals surface area contributed by atoms with Crippen molar-refractivity contribution >= 4 is 29.1 Å². The fraction of sp³-hybridized carbons (Fsp3) is 0.235. The molecule has 0 heterocycles. The van der Waals surface area contributed by atoms with Gasteiger partial charge in [0.05, 0.1) is 0 Å². The van der Waals surface area contributed by atoms with Crippen molar-refractivity contribution in [3.63, 3.8) is 0 Å². The third kappa shape index (κ3) is 5.80. The van der Waals surface area contributed by atoms with E-state index in [1.54, 1.807) is 0 Å². The lowest BCUT2D eigenvalue weighted by Crippen LogP contribution is -2.26. The molecule has 0 fully saturated rings. The predicted molar refractivity (Wildman–Crippen MR) is 157 cm³/mol. The summed E-state index contributed by atoms with van der Waals surface area (Å²) < 4.78 is 14.7. The molecule has 4 rings (SSSR count). The molecule has 0 N–H and O–H groups in total. The van der Waals surface area contributed by atoms with Gasteiger partial charge in [-0.05, 0) is 33.9 Å². The van der Waals surface area contributed by atoms with Crippen LogP contribution in [0.2, 0.25) is 0 Å². The van der Waals surface area contributed by atoms with Gasteiger partial charge in [-0.2, -0.15) is 0 Å². The third-order valence-corrected chi connectivity index (χ3v) is 9.78. The molecule has 0 saturated heterocycles. The van der Waals surface area contributed by atoms with Crippen LogP contribution >= 0.6 is 7.14 Å². The van der Waals surface area contributed by atoms with Crippen LogP contribution < -0.4 is 15.9 Å². The molecule has 2 heteroatoms. The monoisotopic (exact) mass is 492 g/mol. The van der Waals surface area contributed by atoms with E-state index in [1.165, 1.54) is 16.7 Å². The average molecular weight is 493 g/mol. The summed E-state index contributed by atoms with van der Waals surface area (Å²) in [4.78, 5) is 0. The Morgan fingerprint density at radius 2 is 1.08 bits per heavy atom. The second kappa shape index (κ2) is 10.5. The van der Waals surface area contributed by atoms with Crippen LogP contribution in [0.4, 0.5) is 0 Å². The van der Waals surface area contributed by atoms with Crippen molar-refractivity contribution in [3.8, 4) is 0 Å². The highest BCUT2D eigenvalue weighted by atomic mass is 31.2. The summed E-state index contributed by atoms with van der Waals surface area (Å²) in [6, 6.07) is 36.9. The van der Waals surface area contributed by atoms with Crippen LogP contribution in [0, 0.1) is 5.41 Å². The van der Waals surface area contributed by atoms with E-state index in [0.717, 1.165) is 22.3 Å². The molecule has 0 amide bonds. The number of hydrogen-bond acceptors (Lipinski definition) is 1. The third-order valence-electron chi connectivity index (χ3n) is 6.70. The van der Waals surface area contributed by atoms with Gasteiger partial charge in [0.15, 0.2) is 7.14 Å². The quantitative estimate of drug-likeness (QED) is 0.240. The van der Waals surface area contributed by atoms with Crippen molar-refractivity contribution < 1.29 is 4.57 Å². The lowest BCUT2D eigenvalue weighted by Gasteiger charge is -2.27. The lowest BCUT2D eigenvalue weighted by atomic mass is 9.78. The SMILES string of the molecule is CC(C)(C)/C=C/c1ccccc1CC(C)(C)c1ccc(P(=O)(c2ccccc2)c2ccccc2)cc1. The maximum atomic E-state index is 14.7. The molecular formula is C34H37OP. The Kier molecular flexibility index (Phi) is 7.53. The number of allylic oxidation sites excluding steroid dienone is 1. The summed E-state index contributed by atoms with van der Waals surface area (Å²) in [5, 5.41) is 2.60. The zero-order valence-electron chi connectivity index (χ0n) is 22.1. The first-order chi connectivity index (χ1) is 17.1. The van der Waals surface area contributed by atoms with Gasteiger partial charge in [-0.15, -0.1) is 0 Å². The first kappa shape index (κ1) is 25.9. The van der Waals surface area contributed by atoms with E-state index in [4.69, 9.17) is 0 Å². The average Bonchev–Trinajstić information content (AvgIpc) is 2.88. The molecule has 0 unspecified atom stereocenters. The van der Waals surface area contributed by atoms with Crippen LogP contribution in [0.25, 0.3) is 6.08 Å². The van der Waals surface area contributed by atoms with Gasteiger partial charge in [0, 0.05) is 15.9 Å². The standard InChI is InChI=1S/C34H37OP/c1-33(2,3)25-24-27-14-12-13-15-28(27)26-34(4,5)29-20-22-32(23-21-29)36(35,30-16-8-6-9-17-30)31-18-10-7-11-19-31/h6-25H,26H2,1-5H3/b25-24+. The van der Waals surface area contributed by atoms with Crippen molar-refractivity contribution in [1.29, 1.82) is 0 Å².